The Morgan fingerprint density at radius 3 is 2.42 bits per heavy atom. The van der Waals surface area contributed by atoms with Crippen molar-refractivity contribution >= 4 is 27.0 Å². The van der Waals surface area contributed by atoms with Crippen LogP contribution in [0.2, 0.25) is 0 Å². The molecule has 4 rings (SSSR count). The van der Waals surface area contributed by atoms with Gasteiger partial charge in [0.15, 0.2) is 5.82 Å². The fourth-order valence-corrected chi connectivity index (χ4v) is 7.32. The first-order valence-corrected chi connectivity index (χ1v) is 13.0. The van der Waals surface area contributed by atoms with Crippen LogP contribution in [0.3, 0.4) is 0 Å². The van der Waals surface area contributed by atoms with Gasteiger partial charge in [-0.2, -0.15) is 41.0 Å². The van der Waals surface area contributed by atoms with Crippen LogP contribution in [-0.4, -0.2) is 64.9 Å². The molecule has 3 heterocycles. The van der Waals surface area contributed by atoms with Crippen molar-refractivity contribution in [3.05, 3.63) is 58.5 Å². The van der Waals surface area contributed by atoms with Crippen molar-refractivity contribution in [2.75, 3.05) is 24.5 Å². The Morgan fingerprint density at radius 2 is 1.87 bits per heavy atom. The summed E-state index contributed by atoms with van der Waals surface area (Å²) in [5, 5.41) is 24.8. The Bertz CT molecular complexity index is 1470. The van der Waals surface area contributed by atoms with Gasteiger partial charge in [0.25, 0.3) is 15.6 Å². The van der Waals surface area contributed by atoms with E-state index in [0.717, 1.165) is 28.8 Å². The van der Waals surface area contributed by atoms with Gasteiger partial charge >= 0.3 is 12.4 Å². The maximum absolute atomic E-state index is 13.8. The van der Waals surface area contributed by atoms with E-state index in [-0.39, 0.29) is 42.2 Å². The summed E-state index contributed by atoms with van der Waals surface area (Å²) >= 11 is 0.194. The van der Waals surface area contributed by atoms with Gasteiger partial charge in [-0.05, 0) is 37.3 Å². The van der Waals surface area contributed by atoms with Crippen molar-refractivity contribution in [3.63, 3.8) is 0 Å². The summed E-state index contributed by atoms with van der Waals surface area (Å²) in [5.74, 6) is -0.944. The summed E-state index contributed by atoms with van der Waals surface area (Å²) in [6, 6.07) is 5.61. The number of aliphatic hydroxyl groups is 1. The largest absolute Gasteiger partial charge is 0.429 e. The monoisotopic (exact) mass is 580 g/mol. The zero-order chi connectivity index (χ0) is 28.1. The van der Waals surface area contributed by atoms with Crippen LogP contribution >= 0.6 is 11.3 Å². The molecule has 2 N–H and O–H groups in total. The Morgan fingerprint density at radius 1 is 1.16 bits per heavy atom. The molecule has 0 bridgehead atoms. The molecule has 1 unspecified atom stereocenters. The molecule has 0 spiro atoms. The first-order chi connectivity index (χ1) is 17.6. The maximum Gasteiger partial charge on any atom is 0.429 e. The first kappa shape index (κ1) is 27.8. The van der Waals surface area contributed by atoms with Crippen LogP contribution in [0.25, 0.3) is 0 Å². The third-order valence-corrected chi connectivity index (χ3v) is 9.68. The number of benzene rings is 1. The molecule has 0 radical (unpaired) electrons. The number of hydrogen-bond acceptors (Lipinski definition) is 8. The standard InChI is InChI=1S/C21H18F6N6O3S2/c1-12-10-32(15-3-2-13(9-28)8-14(15)20(22,23)24)6-7-33(12)38(35,36)17-5-4-16(37-17)19(34,21(25,26)27)18-29-11-30-31-18/h2-5,8,11-12,34H,6-7,10H2,1H3,(H,29,30,31)/t12-,19?/m1/s1. The highest BCUT2D eigenvalue weighted by Crippen LogP contribution is 2.46. The number of anilines is 1. The van der Waals surface area contributed by atoms with Crippen molar-refractivity contribution in [1.29, 1.82) is 5.26 Å². The minimum Gasteiger partial charge on any atom is -0.369 e. The molecule has 0 amide bonds. The lowest BCUT2D eigenvalue weighted by molar-refractivity contribution is -0.249. The Labute approximate surface area is 216 Å². The SMILES string of the molecule is C[C@@H]1CN(c2ccc(C#N)cc2C(F)(F)F)CCN1S(=O)(=O)c1ccc(C(O)(c2ncn[nH]2)C(F)(F)F)s1. The number of nitrogens with one attached hydrogen (secondary N) is 1. The molecule has 1 aliphatic rings. The van der Waals surface area contributed by atoms with Crippen molar-refractivity contribution in [2.45, 2.75) is 35.1 Å². The molecule has 17 heteroatoms. The van der Waals surface area contributed by atoms with Crippen molar-refractivity contribution in [2.24, 2.45) is 0 Å². The molecule has 9 nitrogen and oxygen atoms in total. The zero-order valence-electron chi connectivity index (χ0n) is 19.2. The number of halogens is 6. The fraction of sp³-hybridized carbons (Fsp3) is 0.381. The van der Waals surface area contributed by atoms with Gasteiger partial charge < -0.3 is 10.0 Å². The fourth-order valence-electron chi connectivity index (χ4n) is 4.16. The van der Waals surface area contributed by atoms with E-state index in [4.69, 9.17) is 5.26 Å². The molecule has 1 aromatic carbocycles. The number of alkyl halides is 6. The van der Waals surface area contributed by atoms with E-state index in [1.54, 1.807) is 6.07 Å². The van der Waals surface area contributed by atoms with Crippen molar-refractivity contribution < 1.29 is 39.9 Å². The van der Waals surface area contributed by atoms with Crippen molar-refractivity contribution in [3.8, 4) is 6.07 Å². The number of piperazine rings is 1. The highest BCUT2D eigenvalue weighted by molar-refractivity contribution is 7.91. The highest BCUT2D eigenvalue weighted by atomic mass is 32.2. The number of aromatic amines is 1. The van der Waals surface area contributed by atoms with E-state index in [9.17, 15) is 39.9 Å². The lowest BCUT2D eigenvalue weighted by Gasteiger charge is -2.40. The number of thiophene rings is 1. The Hall–Kier alpha value is -3.20. The lowest BCUT2D eigenvalue weighted by Crippen LogP contribution is -2.54. The van der Waals surface area contributed by atoms with Gasteiger partial charge in [0.2, 0.25) is 0 Å². The number of hydrogen-bond donors (Lipinski definition) is 2. The second-order valence-electron chi connectivity index (χ2n) is 8.41. The van der Waals surface area contributed by atoms with Crippen LogP contribution in [0, 0.1) is 11.3 Å². The maximum atomic E-state index is 13.8. The van der Waals surface area contributed by atoms with Crippen LogP contribution < -0.4 is 4.90 Å². The smallest absolute Gasteiger partial charge is 0.369 e. The highest BCUT2D eigenvalue weighted by Gasteiger charge is 2.60. The molecular formula is C21H18F6N6O3S2. The van der Waals surface area contributed by atoms with E-state index in [1.165, 1.54) is 17.9 Å². The molecule has 2 aromatic heterocycles. The van der Waals surface area contributed by atoms with E-state index < -0.39 is 54.5 Å². The third-order valence-electron chi connectivity index (χ3n) is 6.01. The van der Waals surface area contributed by atoms with Gasteiger partial charge in [0, 0.05) is 31.4 Å². The molecule has 2 atom stereocenters. The minimum atomic E-state index is -5.27. The molecule has 0 aliphatic carbocycles. The zero-order valence-corrected chi connectivity index (χ0v) is 20.9. The van der Waals surface area contributed by atoms with Crippen LogP contribution in [0.5, 0.6) is 0 Å². The van der Waals surface area contributed by atoms with Crippen molar-refractivity contribution in [1.82, 2.24) is 19.5 Å². The first-order valence-electron chi connectivity index (χ1n) is 10.7. The van der Waals surface area contributed by atoms with Crippen LogP contribution in [0.1, 0.15) is 28.8 Å². The number of nitrogens with zero attached hydrogens (tertiary/aromatic N) is 5. The second kappa shape index (κ2) is 9.52. The quantitative estimate of drug-likeness (QED) is 0.443. The molecular weight excluding hydrogens is 562 g/mol. The van der Waals surface area contributed by atoms with Gasteiger partial charge in [-0.3, -0.25) is 5.10 Å². The average Bonchev–Trinajstić information content (AvgIpc) is 3.55. The average molecular weight is 581 g/mol. The Balaban J connectivity index is 1.62. The molecule has 1 fully saturated rings. The minimum absolute atomic E-state index is 0.151. The summed E-state index contributed by atoms with van der Waals surface area (Å²) < 4.78 is 110. The molecule has 3 aromatic rings. The predicted octanol–water partition coefficient (Wildman–Crippen LogP) is 3.45. The van der Waals surface area contributed by atoms with E-state index in [2.05, 4.69) is 10.1 Å². The van der Waals surface area contributed by atoms with E-state index in [1.807, 2.05) is 5.10 Å². The third kappa shape index (κ3) is 4.72. The number of nitriles is 1. The normalized spacial score (nSPS) is 19.2. The van der Waals surface area contributed by atoms with Crippen LogP contribution in [-0.2, 0) is 21.8 Å². The molecule has 1 aliphatic heterocycles. The number of H-pyrrole nitrogens is 1. The van der Waals surface area contributed by atoms with Crippen LogP contribution in [0.4, 0.5) is 32.0 Å². The lowest BCUT2D eigenvalue weighted by atomic mass is 10.0. The molecule has 0 saturated carbocycles. The summed E-state index contributed by atoms with van der Waals surface area (Å²) in [6.45, 7) is 0.883. The van der Waals surface area contributed by atoms with E-state index in [0.29, 0.717) is 6.07 Å². The topological polar surface area (TPSA) is 126 Å². The van der Waals surface area contributed by atoms with Gasteiger partial charge in [0.05, 0.1) is 22.1 Å². The number of sulfonamides is 1. The van der Waals surface area contributed by atoms with Gasteiger partial charge in [0.1, 0.15) is 10.5 Å². The predicted molar refractivity (Wildman–Crippen MR) is 121 cm³/mol. The summed E-state index contributed by atoms with van der Waals surface area (Å²) in [6.07, 6.45) is -9.27. The molecule has 38 heavy (non-hydrogen) atoms. The second-order valence-corrected chi connectivity index (χ2v) is 11.6. The van der Waals surface area contributed by atoms with Gasteiger partial charge in [-0.15, -0.1) is 11.3 Å². The van der Waals surface area contributed by atoms with Gasteiger partial charge in [-0.25, -0.2) is 13.4 Å². The summed E-state index contributed by atoms with van der Waals surface area (Å²) in [7, 11) is -4.38. The number of rotatable bonds is 5. The molecule has 1 saturated heterocycles. The summed E-state index contributed by atoms with van der Waals surface area (Å²) in [5.41, 5.74) is -5.09. The van der Waals surface area contributed by atoms with E-state index >= 15 is 0 Å². The molecule has 204 valence electrons. The Kier molecular flexibility index (Phi) is 6.97. The number of aromatic nitrogens is 3. The van der Waals surface area contributed by atoms with Gasteiger partial charge in [-0.1, -0.05) is 0 Å². The van der Waals surface area contributed by atoms with Crippen LogP contribution in [0.15, 0.2) is 40.9 Å². The summed E-state index contributed by atoms with van der Waals surface area (Å²) in [4.78, 5) is 3.96.